The minimum Gasteiger partial charge on any atom is -0.293 e. The Morgan fingerprint density at radius 3 is 2.25 bits per heavy atom. The standard InChI is InChI=1S/C23H26N4O/c1-6-7-17-8-12-19(13-9-17)24-25-21-16(2)26-27(22(21)28)20-14-10-18(11-15-20)23(3,4)5/h6,8-15,26H,1,7H2,2-5H3/b25-24+. The molecule has 0 spiro atoms. The number of nitrogens with one attached hydrogen (secondary N) is 1. The van der Waals surface area contributed by atoms with E-state index in [2.05, 4.69) is 42.7 Å². The zero-order valence-corrected chi connectivity index (χ0v) is 16.9. The average molecular weight is 374 g/mol. The molecule has 0 amide bonds. The van der Waals surface area contributed by atoms with Crippen molar-refractivity contribution in [1.29, 1.82) is 0 Å². The summed E-state index contributed by atoms with van der Waals surface area (Å²) in [6, 6.07) is 15.7. The SMILES string of the molecule is C=CCc1ccc(/N=N/c2c(C)[nH]n(-c3ccc(C(C)(C)C)cc3)c2=O)cc1. The van der Waals surface area contributed by atoms with Crippen LogP contribution in [0.2, 0.25) is 0 Å². The molecule has 3 rings (SSSR count). The third-order valence-corrected chi connectivity index (χ3v) is 4.61. The number of H-pyrrole nitrogens is 1. The van der Waals surface area contributed by atoms with Crippen LogP contribution in [-0.2, 0) is 11.8 Å². The van der Waals surface area contributed by atoms with Crippen LogP contribution in [0.4, 0.5) is 11.4 Å². The molecule has 0 saturated heterocycles. The number of hydrogen-bond donors (Lipinski definition) is 1. The minimum atomic E-state index is -0.215. The number of aryl methyl sites for hydroxylation is 1. The third kappa shape index (κ3) is 4.19. The lowest BCUT2D eigenvalue weighted by Gasteiger charge is -2.19. The van der Waals surface area contributed by atoms with Gasteiger partial charge in [-0.05, 0) is 54.2 Å². The fourth-order valence-corrected chi connectivity index (χ4v) is 2.92. The van der Waals surface area contributed by atoms with Crippen molar-refractivity contribution in [2.75, 3.05) is 0 Å². The molecule has 0 unspecified atom stereocenters. The monoisotopic (exact) mass is 374 g/mol. The average Bonchev–Trinajstić information content (AvgIpc) is 2.95. The van der Waals surface area contributed by atoms with Gasteiger partial charge >= 0.3 is 0 Å². The maximum Gasteiger partial charge on any atom is 0.299 e. The number of rotatable bonds is 5. The summed E-state index contributed by atoms with van der Waals surface area (Å²) in [5, 5.41) is 11.5. The molecular formula is C23H26N4O. The largest absolute Gasteiger partial charge is 0.299 e. The van der Waals surface area contributed by atoms with Crippen molar-refractivity contribution in [2.24, 2.45) is 10.2 Å². The summed E-state index contributed by atoms with van der Waals surface area (Å²) in [5.41, 5.74) is 4.70. The van der Waals surface area contributed by atoms with E-state index in [0.29, 0.717) is 17.1 Å². The molecular weight excluding hydrogens is 348 g/mol. The van der Waals surface area contributed by atoms with Crippen LogP contribution < -0.4 is 5.56 Å². The first-order valence-corrected chi connectivity index (χ1v) is 9.33. The summed E-state index contributed by atoms with van der Waals surface area (Å²) in [4.78, 5) is 12.8. The van der Waals surface area contributed by atoms with Gasteiger partial charge in [-0.15, -0.1) is 11.7 Å². The van der Waals surface area contributed by atoms with Crippen molar-refractivity contribution in [2.45, 2.75) is 39.5 Å². The highest BCUT2D eigenvalue weighted by Gasteiger charge is 2.15. The van der Waals surface area contributed by atoms with Crippen LogP contribution >= 0.6 is 0 Å². The normalized spacial score (nSPS) is 11.9. The van der Waals surface area contributed by atoms with E-state index in [9.17, 15) is 4.79 Å². The zero-order chi connectivity index (χ0) is 20.3. The maximum absolute atomic E-state index is 12.8. The zero-order valence-electron chi connectivity index (χ0n) is 16.9. The predicted octanol–water partition coefficient (Wildman–Crippen LogP) is 5.92. The minimum absolute atomic E-state index is 0.0652. The lowest BCUT2D eigenvalue weighted by atomic mass is 9.87. The summed E-state index contributed by atoms with van der Waals surface area (Å²) in [7, 11) is 0. The molecule has 0 aliphatic carbocycles. The third-order valence-electron chi connectivity index (χ3n) is 4.61. The van der Waals surface area contributed by atoms with Crippen molar-refractivity contribution in [1.82, 2.24) is 9.78 Å². The van der Waals surface area contributed by atoms with E-state index < -0.39 is 0 Å². The molecule has 0 saturated carbocycles. The molecule has 1 aromatic heterocycles. The summed E-state index contributed by atoms with van der Waals surface area (Å²) >= 11 is 0. The van der Waals surface area contributed by atoms with Gasteiger partial charge in [0.2, 0.25) is 0 Å². The molecule has 1 heterocycles. The number of hydrogen-bond acceptors (Lipinski definition) is 3. The second kappa shape index (κ2) is 7.80. The smallest absolute Gasteiger partial charge is 0.293 e. The number of nitrogens with zero attached hydrogens (tertiary/aromatic N) is 3. The number of benzene rings is 2. The molecule has 3 aromatic rings. The van der Waals surface area contributed by atoms with E-state index in [-0.39, 0.29) is 11.0 Å². The van der Waals surface area contributed by atoms with E-state index in [1.807, 2.05) is 61.5 Å². The molecule has 0 bridgehead atoms. The van der Waals surface area contributed by atoms with Gasteiger partial charge in [0.15, 0.2) is 5.69 Å². The quantitative estimate of drug-likeness (QED) is 0.437. The molecule has 0 aliphatic heterocycles. The van der Waals surface area contributed by atoms with Crippen molar-refractivity contribution in [3.8, 4) is 5.69 Å². The molecule has 2 aromatic carbocycles. The Hall–Kier alpha value is -3.21. The highest BCUT2D eigenvalue weighted by atomic mass is 16.1. The highest BCUT2D eigenvalue weighted by Crippen LogP contribution is 2.24. The van der Waals surface area contributed by atoms with Crippen LogP contribution in [-0.4, -0.2) is 9.78 Å². The molecule has 0 radical (unpaired) electrons. The predicted molar refractivity (Wildman–Crippen MR) is 114 cm³/mol. The summed E-state index contributed by atoms with van der Waals surface area (Å²) in [6.45, 7) is 12.0. The molecule has 5 heteroatoms. The molecule has 144 valence electrons. The first-order chi connectivity index (χ1) is 13.3. The van der Waals surface area contributed by atoms with Crippen LogP contribution in [0.1, 0.15) is 37.6 Å². The Labute approximate surface area is 165 Å². The number of aromatic amines is 1. The van der Waals surface area contributed by atoms with Gasteiger partial charge in [-0.1, -0.05) is 51.1 Å². The van der Waals surface area contributed by atoms with Gasteiger partial charge in [-0.2, -0.15) is 5.11 Å². The molecule has 5 nitrogen and oxygen atoms in total. The lowest BCUT2D eigenvalue weighted by molar-refractivity contribution is 0.590. The van der Waals surface area contributed by atoms with Crippen LogP contribution in [0, 0.1) is 6.92 Å². The lowest BCUT2D eigenvalue weighted by Crippen LogP contribution is -2.15. The highest BCUT2D eigenvalue weighted by molar-refractivity contribution is 5.45. The summed E-state index contributed by atoms with van der Waals surface area (Å²) in [6.07, 6.45) is 2.67. The molecule has 0 aliphatic rings. The molecule has 0 fully saturated rings. The van der Waals surface area contributed by atoms with Crippen molar-refractivity contribution >= 4 is 11.4 Å². The van der Waals surface area contributed by atoms with Crippen LogP contribution in [0.15, 0.2) is 76.2 Å². The van der Waals surface area contributed by atoms with Crippen LogP contribution in [0.3, 0.4) is 0 Å². The number of allylic oxidation sites excluding steroid dienone is 1. The Kier molecular flexibility index (Phi) is 5.45. The second-order valence-electron chi connectivity index (χ2n) is 7.88. The fourth-order valence-electron chi connectivity index (χ4n) is 2.92. The molecule has 0 atom stereocenters. The van der Waals surface area contributed by atoms with Crippen molar-refractivity contribution < 1.29 is 0 Å². The number of azo groups is 1. The van der Waals surface area contributed by atoms with E-state index in [0.717, 1.165) is 17.7 Å². The van der Waals surface area contributed by atoms with Gasteiger partial charge in [-0.3, -0.25) is 9.89 Å². The van der Waals surface area contributed by atoms with E-state index in [4.69, 9.17) is 0 Å². The first-order valence-electron chi connectivity index (χ1n) is 9.33. The number of aromatic nitrogens is 2. The van der Waals surface area contributed by atoms with Gasteiger partial charge in [-0.25, -0.2) is 4.68 Å². The van der Waals surface area contributed by atoms with E-state index >= 15 is 0 Å². The van der Waals surface area contributed by atoms with Gasteiger partial charge in [0.05, 0.1) is 17.1 Å². The van der Waals surface area contributed by atoms with Gasteiger partial charge in [0, 0.05) is 0 Å². The Balaban J connectivity index is 1.87. The Morgan fingerprint density at radius 2 is 1.68 bits per heavy atom. The van der Waals surface area contributed by atoms with Gasteiger partial charge in [0.1, 0.15) is 0 Å². The van der Waals surface area contributed by atoms with E-state index in [1.165, 1.54) is 10.2 Å². The van der Waals surface area contributed by atoms with Crippen LogP contribution in [0.5, 0.6) is 0 Å². The molecule has 28 heavy (non-hydrogen) atoms. The van der Waals surface area contributed by atoms with Crippen LogP contribution in [0.25, 0.3) is 5.69 Å². The van der Waals surface area contributed by atoms with Crippen molar-refractivity contribution in [3.63, 3.8) is 0 Å². The maximum atomic E-state index is 12.8. The topological polar surface area (TPSA) is 62.5 Å². The summed E-state index contributed by atoms with van der Waals surface area (Å²) < 4.78 is 1.50. The second-order valence-corrected chi connectivity index (χ2v) is 7.88. The fraction of sp³-hybridized carbons (Fsp3) is 0.261. The van der Waals surface area contributed by atoms with Gasteiger partial charge < -0.3 is 0 Å². The Bertz CT molecular complexity index is 1050. The van der Waals surface area contributed by atoms with Crippen molar-refractivity contribution in [3.05, 3.63) is 88.4 Å². The van der Waals surface area contributed by atoms with E-state index in [1.54, 1.807) is 0 Å². The first kappa shape index (κ1) is 19.5. The molecule has 1 N–H and O–H groups in total. The van der Waals surface area contributed by atoms with Gasteiger partial charge in [0.25, 0.3) is 5.56 Å². The Morgan fingerprint density at radius 1 is 1.04 bits per heavy atom. The summed E-state index contributed by atoms with van der Waals surface area (Å²) in [5.74, 6) is 0.